The smallest absolute Gasteiger partial charge is 0.271 e. The maximum absolute atomic E-state index is 12.5. The molecule has 0 aliphatic heterocycles. The molecule has 0 fully saturated rings. The molecule has 0 unspecified atom stereocenters. The minimum Gasteiger partial charge on any atom is -0.490 e. The molecule has 0 atom stereocenters. The molecule has 200 valence electrons. The Morgan fingerprint density at radius 1 is 1.05 bits per heavy atom. The Morgan fingerprint density at radius 2 is 1.82 bits per heavy atom. The van der Waals surface area contributed by atoms with Crippen LogP contribution in [0.2, 0.25) is 5.02 Å². The van der Waals surface area contributed by atoms with E-state index in [0.717, 1.165) is 10.4 Å². The van der Waals surface area contributed by atoms with Crippen molar-refractivity contribution in [1.82, 2.24) is 5.43 Å². The van der Waals surface area contributed by atoms with Crippen molar-refractivity contribution < 1.29 is 19.1 Å². The number of anilines is 1. The number of ether oxygens (including phenoxy) is 2. The van der Waals surface area contributed by atoms with Gasteiger partial charge in [-0.1, -0.05) is 29.8 Å². The predicted octanol–water partition coefficient (Wildman–Crippen LogP) is 7.09. The highest BCUT2D eigenvalue weighted by Crippen LogP contribution is 2.37. The quantitative estimate of drug-likeness (QED) is 0.137. The standard InChI is InChI=1S/C29H25BrClN3O4S/c1-2-37-26-15-20(14-25(30)28(26)38-18-19-5-9-22(31)10-6-19)17-32-34-29(36)21-7-11-23(12-8-21)33-27(35)16-24-4-3-13-39-24/h3-15,17H,2,16,18H2,1H3,(H,33,35)(H,34,36)/b32-17-. The summed E-state index contributed by atoms with van der Waals surface area (Å²) < 4.78 is 12.5. The van der Waals surface area contributed by atoms with Gasteiger partial charge in [0.2, 0.25) is 5.91 Å². The molecule has 0 radical (unpaired) electrons. The number of thiophene rings is 1. The summed E-state index contributed by atoms with van der Waals surface area (Å²) in [6, 6.07) is 21.5. The second-order valence-corrected chi connectivity index (χ2v) is 10.6. The van der Waals surface area contributed by atoms with Gasteiger partial charge in [0.05, 0.1) is 23.7 Å². The van der Waals surface area contributed by atoms with Gasteiger partial charge in [-0.2, -0.15) is 5.10 Å². The Morgan fingerprint density at radius 3 is 2.51 bits per heavy atom. The highest BCUT2D eigenvalue weighted by Gasteiger charge is 2.13. The van der Waals surface area contributed by atoms with Crippen molar-refractivity contribution in [2.24, 2.45) is 5.10 Å². The Hall–Kier alpha value is -3.66. The number of hydrogen-bond acceptors (Lipinski definition) is 6. The van der Waals surface area contributed by atoms with Gasteiger partial charge < -0.3 is 14.8 Å². The lowest BCUT2D eigenvalue weighted by atomic mass is 10.2. The number of nitrogens with one attached hydrogen (secondary N) is 2. The Labute approximate surface area is 243 Å². The molecule has 0 saturated heterocycles. The normalized spacial score (nSPS) is 10.8. The van der Waals surface area contributed by atoms with Crippen molar-refractivity contribution in [2.75, 3.05) is 11.9 Å². The van der Waals surface area contributed by atoms with Crippen LogP contribution in [0.1, 0.15) is 33.3 Å². The second kappa shape index (κ2) is 13.9. The van der Waals surface area contributed by atoms with Crippen LogP contribution in [0.4, 0.5) is 5.69 Å². The molecule has 2 amide bonds. The monoisotopic (exact) mass is 625 g/mol. The first-order chi connectivity index (χ1) is 18.9. The number of carbonyl (C=O) groups excluding carboxylic acids is 2. The molecule has 0 aliphatic rings. The fraction of sp³-hybridized carbons (Fsp3) is 0.138. The molecule has 0 bridgehead atoms. The molecule has 0 spiro atoms. The fourth-order valence-electron chi connectivity index (χ4n) is 3.51. The van der Waals surface area contributed by atoms with Gasteiger partial charge in [-0.15, -0.1) is 11.3 Å². The molecular formula is C29H25BrClN3O4S. The van der Waals surface area contributed by atoms with Crippen LogP contribution < -0.4 is 20.2 Å². The second-order valence-electron chi connectivity index (χ2n) is 8.26. The van der Waals surface area contributed by atoms with Crippen molar-refractivity contribution in [2.45, 2.75) is 20.0 Å². The van der Waals surface area contributed by atoms with Gasteiger partial charge in [0.25, 0.3) is 5.91 Å². The molecule has 0 aliphatic carbocycles. The maximum atomic E-state index is 12.5. The average Bonchev–Trinajstić information content (AvgIpc) is 3.42. The number of carbonyl (C=O) groups is 2. The molecule has 39 heavy (non-hydrogen) atoms. The number of halogens is 2. The van der Waals surface area contributed by atoms with Gasteiger partial charge in [0.1, 0.15) is 6.61 Å². The van der Waals surface area contributed by atoms with E-state index in [1.54, 1.807) is 30.3 Å². The van der Waals surface area contributed by atoms with E-state index in [9.17, 15) is 9.59 Å². The topological polar surface area (TPSA) is 89.0 Å². The predicted molar refractivity (Wildman–Crippen MR) is 159 cm³/mol. The molecule has 7 nitrogen and oxygen atoms in total. The third-order valence-corrected chi connectivity index (χ3v) is 7.07. The maximum Gasteiger partial charge on any atom is 0.271 e. The van der Waals surface area contributed by atoms with Crippen molar-refractivity contribution in [3.63, 3.8) is 0 Å². The highest BCUT2D eigenvalue weighted by molar-refractivity contribution is 9.10. The van der Waals surface area contributed by atoms with E-state index >= 15 is 0 Å². The summed E-state index contributed by atoms with van der Waals surface area (Å²) in [7, 11) is 0. The molecule has 2 N–H and O–H groups in total. The number of rotatable bonds is 11. The van der Waals surface area contributed by atoms with E-state index in [-0.39, 0.29) is 11.8 Å². The SMILES string of the molecule is CCOc1cc(/C=N\NC(=O)c2ccc(NC(=O)Cc3cccs3)cc2)cc(Br)c1OCc1ccc(Cl)cc1. The summed E-state index contributed by atoms with van der Waals surface area (Å²) >= 11 is 11.0. The molecule has 4 aromatic rings. The van der Waals surface area contributed by atoms with E-state index in [4.69, 9.17) is 21.1 Å². The van der Waals surface area contributed by atoms with E-state index in [2.05, 4.69) is 31.8 Å². The molecule has 1 aromatic heterocycles. The van der Waals surface area contributed by atoms with Crippen molar-refractivity contribution >= 4 is 62.6 Å². The first-order valence-electron chi connectivity index (χ1n) is 12.0. The van der Waals surface area contributed by atoms with Crippen LogP contribution in [0.25, 0.3) is 0 Å². The van der Waals surface area contributed by atoms with Gasteiger partial charge >= 0.3 is 0 Å². The van der Waals surface area contributed by atoms with Crippen LogP contribution in [-0.2, 0) is 17.8 Å². The first kappa shape index (κ1) is 28.4. The van der Waals surface area contributed by atoms with Gasteiger partial charge in [-0.3, -0.25) is 9.59 Å². The molecule has 1 heterocycles. The Bertz CT molecular complexity index is 1440. The molecule has 10 heteroatoms. The van der Waals surface area contributed by atoms with Crippen molar-refractivity contribution in [3.8, 4) is 11.5 Å². The molecule has 4 rings (SSSR count). The lowest BCUT2D eigenvalue weighted by molar-refractivity contribution is -0.115. The number of hydrazone groups is 1. The third-order valence-electron chi connectivity index (χ3n) is 5.35. The van der Waals surface area contributed by atoms with Crippen molar-refractivity contribution in [3.05, 3.63) is 109 Å². The summed E-state index contributed by atoms with van der Waals surface area (Å²) in [5, 5.41) is 9.51. The minimum atomic E-state index is -0.380. The van der Waals surface area contributed by atoms with Gasteiger partial charge in [0.15, 0.2) is 11.5 Å². The van der Waals surface area contributed by atoms with Crippen LogP contribution in [0, 0.1) is 0 Å². The molecule has 3 aromatic carbocycles. The van der Waals surface area contributed by atoms with Crippen LogP contribution in [0.15, 0.2) is 87.8 Å². The Balaban J connectivity index is 1.34. The van der Waals surface area contributed by atoms with Crippen LogP contribution in [-0.4, -0.2) is 24.6 Å². The first-order valence-corrected chi connectivity index (χ1v) is 14.1. The zero-order chi connectivity index (χ0) is 27.6. The number of benzene rings is 3. The summed E-state index contributed by atoms with van der Waals surface area (Å²) in [5.74, 6) is 0.619. The lowest BCUT2D eigenvalue weighted by Gasteiger charge is -2.14. The van der Waals surface area contributed by atoms with Crippen LogP contribution >= 0.6 is 38.9 Å². The zero-order valence-corrected chi connectivity index (χ0v) is 24.1. The summed E-state index contributed by atoms with van der Waals surface area (Å²) in [6.45, 7) is 2.68. The van der Waals surface area contributed by atoms with E-state index in [1.165, 1.54) is 17.6 Å². The van der Waals surface area contributed by atoms with Gasteiger partial charge in [-0.05, 0) is 94.0 Å². The van der Waals surface area contributed by atoms with Crippen molar-refractivity contribution in [1.29, 1.82) is 0 Å². The zero-order valence-electron chi connectivity index (χ0n) is 20.9. The number of nitrogens with zero attached hydrogens (tertiary/aromatic N) is 1. The lowest BCUT2D eigenvalue weighted by Crippen LogP contribution is -2.18. The minimum absolute atomic E-state index is 0.113. The average molecular weight is 627 g/mol. The highest BCUT2D eigenvalue weighted by atomic mass is 79.9. The Kier molecular flexibility index (Phi) is 10.1. The largest absolute Gasteiger partial charge is 0.490 e. The van der Waals surface area contributed by atoms with E-state index in [0.29, 0.717) is 57.4 Å². The number of amides is 2. The molecule has 0 saturated carbocycles. The van der Waals surface area contributed by atoms with Gasteiger partial charge in [-0.25, -0.2) is 5.43 Å². The summed E-state index contributed by atoms with van der Waals surface area (Å²) in [5.41, 5.74) is 5.21. The van der Waals surface area contributed by atoms with Gasteiger partial charge in [0, 0.05) is 21.2 Å². The summed E-state index contributed by atoms with van der Waals surface area (Å²) in [6.07, 6.45) is 1.83. The van der Waals surface area contributed by atoms with Crippen LogP contribution in [0.3, 0.4) is 0 Å². The van der Waals surface area contributed by atoms with E-state index in [1.807, 2.05) is 54.8 Å². The fourth-order valence-corrected chi connectivity index (χ4v) is 4.92. The summed E-state index contributed by atoms with van der Waals surface area (Å²) in [4.78, 5) is 25.7. The van der Waals surface area contributed by atoms with Crippen LogP contribution in [0.5, 0.6) is 11.5 Å². The molecular weight excluding hydrogens is 602 g/mol. The number of hydrogen-bond donors (Lipinski definition) is 2. The third kappa shape index (κ3) is 8.41. The van der Waals surface area contributed by atoms with E-state index < -0.39 is 0 Å².